The lowest BCUT2D eigenvalue weighted by Gasteiger charge is -2.18. The Labute approximate surface area is 444 Å². The van der Waals surface area contributed by atoms with Crippen molar-refractivity contribution in [1.29, 1.82) is 0 Å². The molecule has 0 aliphatic rings. The molecule has 71 heavy (non-hydrogen) atoms. The van der Waals surface area contributed by atoms with E-state index in [1.54, 1.807) is 0 Å². The molecule has 0 N–H and O–H groups in total. The topological polar surface area (TPSA) is 78.9 Å². The van der Waals surface area contributed by atoms with Crippen LogP contribution in [0.1, 0.15) is 374 Å². The molecule has 0 aromatic heterocycles. The van der Waals surface area contributed by atoms with Gasteiger partial charge >= 0.3 is 17.9 Å². The third-order valence-electron chi connectivity index (χ3n) is 15.0. The Balaban J connectivity index is 4.28. The Morgan fingerprint density at radius 2 is 0.465 bits per heavy atom. The van der Waals surface area contributed by atoms with E-state index >= 15 is 0 Å². The summed E-state index contributed by atoms with van der Waals surface area (Å²) in [6.45, 7) is 9.10. The normalized spacial score (nSPS) is 12.0. The summed E-state index contributed by atoms with van der Waals surface area (Å²) in [4.78, 5) is 38.3. The molecular weight excluding hydrogens is 877 g/mol. The van der Waals surface area contributed by atoms with Gasteiger partial charge in [0.25, 0.3) is 0 Å². The fourth-order valence-corrected chi connectivity index (χ4v) is 10.2. The van der Waals surface area contributed by atoms with Gasteiger partial charge in [0.15, 0.2) is 6.10 Å². The molecule has 0 aromatic rings. The Hall–Kier alpha value is -1.59. The number of hydrogen-bond donors (Lipinski definition) is 0. The van der Waals surface area contributed by atoms with Crippen LogP contribution < -0.4 is 0 Å². The minimum atomic E-state index is -0.763. The highest BCUT2D eigenvalue weighted by molar-refractivity contribution is 5.71. The molecule has 0 saturated carbocycles. The summed E-state index contributed by atoms with van der Waals surface area (Å²) >= 11 is 0. The van der Waals surface area contributed by atoms with Crippen molar-refractivity contribution in [3.63, 3.8) is 0 Å². The molecule has 0 aliphatic heterocycles. The smallest absolute Gasteiger partial charge is 0.306 e. The molecule has 1 atom stereocenters. The maximum Gasteiger partial charge on any atom is 0.306 e. The second kappa shape index (κ2) is 59.3. The first-order chi connectivity index (χ1) is 34.9. The van der Waals surface area contributed by atoms with E-state index in [1.807, 2.05) is 0 Å². The predicted molar refractivity (Wildman–Crippen MR) is 307 cm³/mol. The lowest BCUT2D eigenvalue weighted by Crippen LogP contribution is -2.30. The maximum absolute atomic E-state index is 12.9. The molecule has 0 aromatic carbocycles. The van der Waals surface area contributed by atoms with E-state index in [-0.39, 0.29) is 31.1 Å². The van der Waals surface area contributed by atoms with Crippen molar-refractivity contribution in [2.45, 2.75) is 381 Å². The summed E-state index contributed by atoms with van der Waals surface area (Å²) < 4.78 is 17.0. The van der Waals surface area contributed by atoms with Gasteiger partial charge in [-0.3, -0.25) is 14.4 Å². The molecule has 0 heterocycles. The molecule has 6 heteroatoms. The first kappa shape index (κ1) is 69.4. The number of esters is 3. The van der Waals surface area contributed by atoms with Gasteiger partial charge in [-0.05, 0) is 25.2 Å². The van der Waals surface area contributed by atoms with E-state index in [4.69, 9.17) is 14.2 Å². The third kappa shape index (κ3) is 59.2. The molecule has 0 aliphatic carbocycles. The van der Waals surface area contributed by atoms with E-state index in [0.29, 0.717) is 19.3 Å². The molecule has 0 fully saturated rings. The summed E-state index contributed by atoms with van der Waals surface area (Å²) in [6.07, 6.45) is 66.7. The van der Waals surface area contributed by atoms with Crippen LogP contribution in [0, 0.1) is 5.92 Å². The second-order valence-electron chi connectivity index (χ2n) is 22.9. The van der Waals surface area contributed by atoms with Crippen LogP contribution in [0.25, 0.3) is 0 Å². The molecule has 0 saturated heterocycles. The minimum absolute atomic E-state index is 0.0610. The van der Waals surface area contributed by atoms with Gasteiger partial charge in [0.2, 0.25) is 0 Å². The van der Waals surface area contributed by atoms with Crippen LogP contribution >= 0.6 is 0 Å². The van der Waals surface area contributed by atoms with Gasteiger partial charge in [-0.25, -0.2) is 0 Å². The van der Waals surface area contributed by atoms with Crippen LogP contribution in [-0.4, -0.2) is 37.2 Å². The van der Waals surface area contributed by atoms with Gasteiger partial charge in [-0.2, -0.15) is 0 Å². The van der Waals surface area contributed by atoms with Gasteiger partial charge < -0.3 is 14.2 Å². The summed E-state index contributed by atoms with van der Waals surface area (Å²) in [7, 11) is 0. The summed E-state index contributed by atoms with van der Waals surface area (Å²) in [5.74, 6) is 0.0259. The lowest BCUT2D eigenvalue weighted by molar-refractivity contribution is -0.167. The molecule has 0 bridgehead atoms. The van der Waals surface area contributed by atoms with Crippen LogP contribution in [-0.2, 0) is 28.6 Å². The average molecular weight is 1000 g/mol. The quantitative estimate of drug-likeness (QED) is 0.0343. The molecule has 0 unspecified atom stereocenters. The summed E-state index contributed by atoms with van der Waals surface area (Å²) in [5, 5.41) is 0. The van der Waals surface area contributed by atoms with E-state index in [0.717, 1.165) is 63.7 Å². The lowest BCUT2D eigenvalue weighted by atomic mass is 10.0. The third-order valence-corrected chi connectivity index (χ3v) is 15.0. The SMILES string of the molecule is CCCCCCCCCCCCCCCCCCCCC(=O)OC[C@H](COC(=O)CCCCCCCCCCCCCCCCCC)OC(=O)CCCCCCCCCCCCCCCCCCC(C)C. The van der Waals surface area contributed by atoms with E-state index in [9.17, 15) is 14.4 Å². The second-order valence-corrected chi connectivity index (χ2v) is 22.9. The molecular formula is C65H126O6. The fraction of sp³-hybridized carbons (Fsp3) is 0.954. The standard InChI is InChI=1S/C65H126O6/c1-5-7-9-11-13-15-17-19-21-23-24-29-33-37-41-45-49-53-57-64(67)70-60-62(59-69-63(66)56-52-48-44-40-36-32-28-22-20-18-16-14-12-10-8-6-2)71-65(68)58-54-50-46-42-38-34-30-26-25-27-31-35-39-43-47-51-55-61(3)4/h61-62H,5-60H2,1-4H3/t62-/m0/s1. The van der Waals surface area contributed by atoms with Crippen molar-refractivity contribution < 1.29 is 28.6 Å². The van der Waals surface area contributed by atoms with Crippen LogP contribution in [0.4, 0.5) is 0 Å². The number of carbonyl (C=O) groups excluding carboxylic acids is 3. The van der Waals surface area contributed by atoms with Crippen molar-refractivity contribution in [2.75, 3.05) is 13.2 Å². The number of carbonyl (C=O) groups is 3. The Kier molecular flexibility index (Phi) is 58.0. The number of unbranched alkanes of at least 4 members (excludes halogenated alkanes) is 47. The van der Waals surface area contributed by atoms with Gasteiger partial charge in [-0.1, -0.05) is 336 Å². The van der Waals surface area contributed by atoms with Crippen molar-refractivity contribution in [1.82, 2.24) is 0 Å². The predicted octanol–water partition coefficient (Wildman–Crippen LogP) is 21.7. The number of ether oxygens (including phenoxy) is 3. The first-order valence-electron chi connectivity index (χ1n) is 32.4. The average Bonchev–Trinajstić information content (AvgIpc) is 3.36. The van der Waals surface area contributed by atoms with Crippen molar-refractivity contribution in [2.24, 2.45) is 5.92 Å². The van der Waals surface area contributed by atoms with Gasteiger partial charge in [0.05, 0.1) is 0 Å². The number of hydrogen-bond acceptors (Lipinski definition) is 6. The molecule has 0 radical (unpaired) electrons. The zero-order valence-electron chi connectivity index (χ0n) is 48.7. The van der Waals surface area contributed by atoms with Crippen LogP contribution in [0.15, 0.2) is 0 Å². The van der Waals surface area contributed by atoms with Crippen molar-refractivity contribution in [3.05, 3.63) is 0 Å². The van der Waals surface area contributed by atoms with Crippen LogP contribution in [0.5, 0.6) is 0 Å². The number of rotatable bonds is 60. The summed E-state index contributed by atoms with van der Waals surface area (Å²) in [5.41, 5.74) is 0. The Morgan fingerprint density at radius 3 is 0.690 bits per heavy atom. The van der Waals surface area contributed by atoms with Gasteiger partial charge in [-0.15, -0.1) is 0 Å². The van der Waals surface area contributed by atoms with Gasteiger partial charge in [0, 0.05) is 19.3 Å². The maximum atomic E-state index is 12.9. The van der Waals surface area contributed by atoms with E-state index in [1.165, 1.54) is 270 Å². The van der Waals surface area contributed by atoms with Crippen LogP contribution in [0.2, 0.25) is 0 Å². The fourth-order valence-electron chi connectivity index (χ4n) is 10.2. The van der Waals surface area contributed by atoms with Gasteiger partial charge in [0.1, 0.15) is 13.2 Å². The van der Waals surface area contributed by atoms with E-state index < -0.39 is 6.10 Å². The Bertz CT molecular complexity index is 1070. The Morgan fingerprint density at radius 1 is 0.268 bits per heavy atom. The molecule has 0 spiro atoms. The van der Waals surface area contributed by atoms with Crippen LogP contribution in [0.3, 0.4) is 0 Å². The minimum Gasteiger partial charge on any atom is -0.462 e. The van der Waals surface area contributed by atoms with E-state index in [2.05, 4.69) is 27.7 Å². The highest BCUT2D eigenvalue weighted by Gasteiger charge is 2.19. The zero-order valence-corrected chi connectivity index (χ0v) is 48.7. The highest BCUT2D eigenvalue weighted by atomic mass is 16.6. The largest absolute Gasteiger partial charge is 0.462 e. The molecule has 0 rings (SSSR count). The van der Waals surface area contributed by atoms with Crippen molar-refractivity contribution >= 4 is 17.9 Å². The first-order valence-corrected chi connectivity index (χ1v) is 32.4. The monoisotopic (exact) mass is 1000 g/mol. The highest BCUT2D eigenvalue weighted by Crippen LogP contribution is 2.19. The van der Waals surface area contributed by atoms with Crippen molar-refractivity contribution in [3.8, 4) is 0 Å². The summed E-state index contributed by atoms with van der Waals surface area (Å²) in [6, 6.07) is 0. The molecule has 6 nitrogen and oxygen atoms in total. The molecule has 0 amide bonds. The molecule has 422 valence electrons. The zero-order chi connectivity index (χ0) is 51.6.